The van der Waals surface area contributed by atoms with Crippen LogP contribution in [0.15, 0.2) is 0 Å². The molecular weight excluding hydrogens is 227 g/mol. The first-order valence-corrected chi connectivity index (χ1v) is 4.58. The summed E-state index contributed by atoms with van der Waals surface area (Å²) in [5.41, 5.74) is 2.01. The fourth-order valence-electron chi connectivity index (χ4n) is 1.26. The van der Waals surface area contributed by atoms with E-state index in [1.165, 1.54) is 0 Å². The van der Waals surface area contributed by atoms with Gasteiger partial charge < -0.3 is 16.0 Å². The lowest BCUT2D eigenvalue weighted by Crippen LogP contribution is -2.65. The smallest absolute Gasteiger partial charge is 0.353 e. The quantitative estimate of drug-likeness (QED) is 0.630. The molecule has 0 aromatic carbocycles. The SMILES string of the molecule is CC(N)(C(=O)N1CCNC(=O)C1)C(F)(F)F. The number of hydrogen-bond acceptors (Lipinski definition) is 3. The lowest BCUT2D eigenvalue weighted by molar-refractivity contribution is -0.194. The van der Waals surface area contributed by atoms with Crippen molar-refractivity contribution in [1.82, 2.24) is 10.2 Å². The van der Waals surface area contributed by atoms with Crippen LogP contribution in [0, 0.1) is 0 Å². The molecule has 0 radical (unpaired) electrons. The van der Waals surface area contributed by atoms with Crippen molar-refractivity contribution in [3.05, 3.63) is 0 Å². The Balaban J connectivity index is 2.81. The van der Waals surface area contributed by atoms with E-state index in [-0.39, 0.29) is 19.6 Å². The maximum absolute atomic E-state index is 12.5. The molecule has 0 aromatic rings. The van der Waals surface area contributed by atoms with Gasteiger partial charge in [-0.1, -0.05) is 0 Å². The summed E-state index contributed by atoms with van der Waals surface area (Å²) in [6.45, 7) is 0.384. The average Bonchev–Trinajstić information content (AvgIpc) is 2.14. The third-order valence-corrected chi connectivity index (χ3v) is 2.36. The summed E-state index contributed by atoms with van der Waals surface area (Å²) >= 11 is 0. The molecule has 1 saturated heterocycles. The Kier molecular flexibility index (Phi) is 3.13. The van der Waals surface area contributed by atoms with Crippen LogP contribution in [-0.2, 0) is 9.59 Å². The van der Waals surface area contributed by atoms with Crippen LogP contribution in [-0.4, -0.2) is 48.1 Å². The van der Waals surface area contributed by atoms with Crippen LogP contribution in [0.5, 0.6) is 0 Å². The van der Waals surface area contributed by atoms with E-state index in [0.717, 1.165) is 4.90 Å². The predicted molar refractivity (Wildman–Crippen MR) is 48.2 cm³/mol. The van der Waals surface area contributed by atoms with E-state index in [1.807, 2.05) is 0 Å². The molecule has 1 atom stereocenters. The molecule has 1 aliphatic heterocycles. The van der Waals surface area contributed by atoms with E-state index in [1.54, 1.807) is 0 Å². The second-order valence-electron chi connectivity index (χ2n) is 3.78. The summed E-state index contributed by atoms with van der Waals surface area (Å²) in [6, 6.07) is 0. The minimum atomic E-state index is -4.84. The predicted octanol–water partition coefficient (Wildman–Crippen LogP) is -0.775. The van der Waals surface area contributed by atoms with Crippen molar-refractivity contribution in [3.63, 3.8) is 0 Å². The maximum Gasteiger partial charge on any atom is 0.415 e. The van der Waals surface area contributed by atoms with Crippen molar-refractivity contribution >= 4 is 11.8 Å². The van der Waals surface area contributed by atoms with Crippen LogP contribution >= 0.6 is 0 Å². The van der Waals surface area contributed by atoms with Crippen LogP contribution in [0.2, 0.25) is 0 Å². The summed E-state index contributed by atoms with van der Waals surface area (Å²) in [6.07, 6.45) is -4.84. The fourth-order valence-corrected chi connectivity index (χ4v) is 1.26. The molecule has 1 fully saturated rings. The van der Waals surface area contributed by atoms with Crippen molar-refractivity contribution in [1.29, 1.82) is 0 Å². The molecule has 0 bridgehead atoms. The Morgan fingerprint density at radius 1 is 1.50 bits per heavy atom. The van der Waals surface area contributed by atoms with Crippen molar-refractivity contribution < 1.29 is 22.8 Å². The van der Waals surface area contributed by atoms with Gasteiger partial charge in [-0.25, -0.2) is 0 Å². The van der Waals surface area contributed by atoms with Gasteiger partial charge in [0.1, 0.15) is 0 Å². The number of nitrogens with zero attached hydrogens (tertiary/aromatic N) is 1. The summed E-state index contributed by atoms with van der Waals surface area (Å²) < 4.78 is 37.4. The number of halogens is 3. The fraction of sp³-hybridized carbons (Fsp3) is 0.750. The van der Waals surface area contributed by atoms with E-state index in [4.69, 9.17) is 5.73 Å². The molecule has 16 heavy (non-hydrogen) atoms. The zero-order valence-corrected chi connectivity index (χ0v) is 8.60. The standard InChI is InChI=1S/C8H12F3N3O2/c1-7(12,8(9,10)11)6(16)14-3-2-13-5(15)4-14/h2-4,12H2,1H3,(H,13,15). The van der Waals surface area contributed by atoms with Crippen molar-refractivity contribution in [3.8, 4) is 0 Å². The molecule has 2 amide bonds. The molecule has 1 aliphatic rings. The molecular formula is C8H12F3N3O2. The van der Waals surface area contributed by atoms with E-state index in [9.17, 15) is 22.8 Å². The minimum Gasteiger partial charge on any atom is -0.353 e. The van der Waals surface area contributed by atoms with E-state index < -0.39 is 23.5 Å². The minimum absolute atomic E-state index is 0.0352. The molecule has 0 spiro atoms. The largest absolute Gasteiger partial charge is 0.415 e. The second kappa shape index (κ2) is 3.93. The zero-order valence-electron chi connectivity index (χ0n) is 8.60. The first-order chi connectivity index (χ1) is 7.16. The maximum atomic E-state index is 12.5. The lowest BCUT2D eigenvalue weighted by Gasteiger charge is -2.34. The summed E-state index contributed by atoms with van der Waals surface area (Å²) in [5.74, 6) is -1.77. The highest BCUT2D eigenvalue weighted by molar-refractivity contribution is 5.91. The van der Waals surface area contributed by atoms with Gasteiger partial charge >= 0.3 is 6.18 Å². The number of nitrogens with two attached hydrogens (primary N) is 1. The number of hydrogen-bond donors (Lipinski definition) is 2. The number of carbonyl (C=O) groups is 2. The second-order valence-corrected chi connectivity index (χ2v) is 3.78. The Hall–Kier alpha value is -1.31. The van der Waals surface area contributed by atoms with Crippen molar-refractivity contribution in [2.24, 2.45) is 5.73 Å². The monoisotopic (exact) mass is 239 g/mol. The van der Waals surface area contributed by atoms with Crippen LogP contribution in [0.25, 0.3) is 0 Å². The number of amides is 2. The number of nitrogens with one attached hydrogen (secondary N) is 1. The van der Waals surface area contributed by atoms with Crippen LogP contribution < -0.4 is 11.1 Å². The zero-order chi connectivity index (χ0) is 12.6. The average molecular weight is 239 g/mol. The van der Waals surface area contributed by atoms with Gasteiger partial charge in [0.2, 0.25) is 5.91 Å². The van der Waals surface area contributed by atoms with Gasteiger partial charge in [-0.05, 0) is 6.92 Å². The van der Waals surface area contributed by atoms with Gasteiger partial charge in [0.25, 0.3) is 5.91 Å². The van der Waals surface area contributed by atoms with Gasteiger partial charge in [-0.2, -0.15) is 13.2 Å². The number of carbonyl (C=O) groups excluding carboxylic acids is 2. The van der Waals surface area contributed by atoms with E-state index >= 15 is 0 Å². The molecule has 5 nitrogen and oxygen atoms in total. The van der Waals surface area contributed by atoms with E-state index in [0.29, 0.717) is 6.92 Å². The van der Waals surface area contributed by atoms with Gasteiger partial charge in [0.15, 0.2) is 5.54 Å². The summed E-state index contributed by atoms with van der Waals surface area (Å²) in [7, 11) is 0. The highest BCUT2D eigenvalue weighted by atomic mass is 19.4. The van der Waals surface area contributed by atoms with Crippen LogP contribution in [0.4, 0.5) is 13.2 Å². The van der Waals surface area contributed by atoms with Gasteiger partial charge in [0.05, 0.1) is 6.54 Å². The molecule has 3 N–H and O–H groups in total. The highest BCUT2D eigenvalue weighted by Crippen LogP contribution is 2.29. The first-order valence-electron chi connectivity index (χ1n) is 4.58. The Morgan fingerprint density at radius 2 is 2.06 bits per heavy atom. The lowest BCUT2D eigenvalue weighted by atomic mass is 10.0. The number of alkyl halides is 3. The number of rotatable bonds is 1. The number of piperazine rings is 1. The Labute approximate surface area is 89.8 Å². The van der Waals surface area contributed by atoms with Gasteiger partial charge in [0, 0.05) is 13.1 Å². The first kappa shape index (κ1) is 12.8. The Morgan fingerprint density at radius 3 is 2.50 bits per heavy atom. The van der Waals surface area contributed by atoms with Crippen molar-refractivity contribution in [2.45, 2.75) is 18.6 Å². The third kappa shape index (κ3) is 2.26. The normalized spacial score (nSPS) is 21.3. The van der Waals surface area contributed by atoms with Gasteiger partial charge in [-0.15, -0.1) is 0 Å². The topological polar surface area (TPSA) is 75.4 Å². The van der Waals surface area contributed by atoms with Crippen molar-refractivity contribution in [2.75, 3.05) is 19.6 Å². The van der Waals surface area contributed by atoms with E-state index in [2.05, 4.69) is 5.32 Å². The highest BCUT2D eigenvalue weighted by Gasteiger charge is 2.55. The molecule has 1 rings (SSSR count). The third-order valence-electron chi connectivity index (χ3n) is 2.36. The van der Waals surface area contributed by atoms with Crippen LogP contribution in [0.3, 0.4) is 0 Å². The van der Waals surface area contributed by atoms with Crippen LogP contribution in [0.1, 0.15) is 6.92 Å². The summed E-state index contributed by atoms with van der Waals surface area (Å²) in [5, 5.41) is 2.40. The molecule has 92 valence electrons. The Bertz CT molecular complexity index is 314. The molecule has 8 heteroatoms. The molecule has 1 unspecified atom stereocenters. The molecule has 0 aromatic heterocycles. The molecule has 0 aliphatic carbocycles. The molecule has 1 heterocycles. The van der Waals surface area contributed by atoms with Gasteiger partial charge in [-0.3, -0.25) is 9.59 Å². The summed E-state index contributed by atoms with van der Waals surface area (Å²) in [4.78, 5) is 23.3. The molecule has 0 saturated carbocycles.